The van der Waals surface area contributed by atoms with Gasteiger partial charge < -0.3 is 8.98 Å². The van der Waals surface area contributed by atoms with Gasteiger partial charge in [-0.05, 0) is 87.3 Å². The first-order chi connectivity index (χ1) is 28.7. The van der Waals surface area contributed by atoms with Crippen molar-refractivity contribution in [2.24, 2.45) is 0 Å². The van der Waals surface area contributed by atoms with E-state index in [0.717, 1.165) is 72.1 Å². The van der Waals surface area contributed by atoms with Crippen LogP contribution in [-0.2, 0) is 0 Å². The number of para-hydroxylation sites is 1. The summed E-state index contributed by atoms with van der Waals surface area (Å²) in [7, 11) is 0. The van der Waals surface area contributed by atoms with E-state index in [2.05, 4.69) is 205 Å². The largest absolute Gasteiger partial charge is 0.456 e. The minimum atomic E-state index is 0.681. The monoisotopic (exact) mass is 739 g/mol. The van der Waals surface area contributed by atoms with Crippen LogP contribution in [0.15, 0.2) is 205 Å². The Balaban J connectivity index is 1.04. The molecule has 0 atom stereocenters. The fourth-order valence-electron chi connectivity index (χ4n) is 8.77. The molecule has 4 nitrogen and oxygen atoms in total. The molecule has 9 aromatic carbocycles. The van der Waals surface area contributed by atoms with Crippen LogP contribution in [0.4, 0.5) is 0 Å². The third-order valence-corrected chi connectivity index (χ3v) is 11.6. The number of furan rings is 1. The number of aromatic nitrogens is 3. The van der Waals surface area contributed by atoms with E-state index in [1.165, 1.54) is 38.1 Å². The molecule has 58 heavy (non-hydrogen) atoms. The molecule has 0 radical (unpaired) electrons. The zero-order valence-corrected chi connectivity index (χ0v) is 31.3. The molecule has 0 saturated heterocycles. The Labute approximate surface area is 333 Å². The molecule has 12 rings (SSSR count). The van der Waals surface area contributed by atoms with Gasteiger partial charge in [0.15, 0.2) is 5.82 Å². The van der Waals surface area contributed by atoms with Crippen molar-refractivity contribution in [2.75, 3.05) is 0 Å². The Kier molecular flexibility index (Phi) is 7.20. The van der Waals surface area contributed by atoms with Crippen molar-refractivity contribution in [3.8, 4) is 50.7 Å². The first kappa shape index (κ1) is 32.4. The quantitative estimate of drug-likeness (QED) is 0.177. The predicted octanol–water partition coefficient (Wildman–Crippen LogP) is 14.4. The summed E-state index contributed by atoms with van der Waals surface area (Å²) < 4.78 is 9.07. The second-order valence-corrected chi connectivity index (χ2v) is 15.0. The normalized spacial score (nSPS) is 11.8. The number of benzene rings is 9. The highest BCUT2D eigenvalue weighted by Crippen LogP contribution is 2.41. The van der Waals surface area contributed by atoms with Crippen molar-refractivity contribution in [2.45, 2.75) is 0 Å². The predicted molar refractivity (Wildman–Crippen MR) is 240 cm³/mol. The van der Waals surface area contributed by atoms with Crippen LogP contribution in [0.25, 0.3) is 116 Å². The zero-order valence-electron chi connectivity index (χ0n) is 31.3. The van der Waals surface area contributed by atoms with Crippen LogP contribution in [0.5, 0.6) is 0 Å². The number of hydrogen-bond donors (Lipinski definition) is 0. The van der Waals surface area contributed by atoms with Crippen molar-refractivity contribution in [3.63, 3.8) is 0 Å². The summed E-state index contributed by atoms with van der Waals surface area (Å²) in [5, 5.41) is 9.22. The molecule has 0 N–H and O–H groups in total. The van der Waals surface area contributed by atoms with E-state index in [-0.39, 0.29) is 0 Å². The first-order valence-electron chi connectivity index (χ1n) is 19.6. The Bertz CT molecular complexity index is 3480. The van der Waals surface area contributed by atoms with E-state index in [1.807, 2.05) is 0 Å². The third kappa shape index (κ3) is 5.23. The minimum Gasteiger partial charge on any atom is -0.456 e. The molecule has 12 aromatic rings. The molecule has 0 bridgehead atoms. The molecule has 0 unspecified atom stereocenters. The van der Waals surface area contributed by atoms with E-state index in [4.69, 9.17) is 14.4 Å². The molecule has 270 valence electrons. The van der Waals surface area contributed by atoms with E-state index in [9.17, 15) is 0 Å². The van der Waals surface area contributed by atoms with Crippen molar-refractivity contribution in [3.05, 3.63) is 200 Å². The highest BCUT2D eigenvalue weighted by Gasteiger charge is 2.19. The fourth-order valence-corrected chi connectivity index (χ4v) is 8.77. The molecule has 0 fully saturated rings. The summed E-state index contributed by atoms with van der Waals surface area (Å²) >= 11 is 0. The summed E-state index contributed by atoms with van der Waals surface area (Å²) in [4.78, 5) is 10.5. The lowest BCUT2D eigenvalue weighted by molar-refractivity contribution is 0.668. The summed E-state index contributed by atoms with van der Waals surface area (Å²) in [6, 6.07) is 70.9. The minimum absolute atomic E-state index is 0.681. The molecule has 0 aliphatic carbocycles. The Morgan fingerprint density at radius 3 is 1.86 bits per heavy atom. The van der Waals surface area contributed by atoms with Gasteiger partial charge >= 0.3 is 0 Å². The Morgan fingerprint density at radius 2 is 1.03 bits per heavy atom. The van der Waals surface area contributed by atoms with Gasteiger partial charge in [0.05, 0.1) is 22.4 Å². The summed E-state index contributed by atoms with van der Waals surface area (Å²) in [6.07, 6.45) is 0. The topological polar surface area (TPSA) is 43.9 Å². The number of fused-ring (bicyclic) bond motifs is 8. The smallest absolute Gasteiger partial charge is 0.160 e. The van der Waals surface area contributed by atoms with Crippen molar-refractivity contribution in [1.82, 2.24) is 14.5 Å². The molecule has 0 saturated carbocycles. The Morgan fingerprint density at radius 1 is 0.362 bits per heavy atom. The van der Waals surface area contributed by atoms with E-state index in [0.29, 0.717) is 5.82 Å². The maximum atomic E-state index is 6.72. The van der Waals surface area contributed by atoms with Gasteiger partial charge in [0.2, 0.25) is 0 Å². The SMILES string of the molecule is c1ccc(-c2ccc3c(c2)c2ccccc2n3-c2ccc3c(c2)oc2cccc(-c4cc(-c5ccc6ccccc6c5)nc(-c5ccc6ccccc6c5)n4)c23)cc1. The van der Waals surface area contributed by atoms with Gasteiger partial charge in [-0.1, -0.05) is 140 Å². The zero-order chi connectivity index (χ0) is 38.2. The van der Waals surface area contributed by atoms with Gasteiger partial charge in [-0.15, -0.1) is 0 Å². The summed E-state index contributed by atoms with van der Waals surface area (Å²) in [5.41, 5.74) is 12.1. The lowest BCUT2D eigenvalue weighted by Crippen LogP contribution is -1.96. The molecule has 0 aliphatic rings. The average Bonchev–Trinajstić information content (AvgIpc) is 3.84. The highest BCUT2D eigenvalue weighted by atomic mass is 16.3. The molecule has 3 heterocycles. The third-order valence-electron chi connectivity index (χ3n) is 11.6. The van der Waals surface area contributed by atoms with Crippen LogP contribution >= 0.6 is 0 Å². The van der Waals surface area contributed by atoms with Crippen molar-refractivity contribution < 1.29 is 4.42 Å². The number of hydrogen-bond acceptors (Lipinski definition) is 3. The highest BCUT2D eigenvalue weighted by molar-refractivity contribution is 6.14. The molecule has 0 aliphatic heterocycles. The first-order valence-corrected chi connectivity index (χ1v) is 19.6. The van der Waals surface area contributed by atoms with Crippen LogP contribution in [0.2, 0.25) is 0 Å². The van der Waals surface area contributed by atoms with Crippen LogP contribution in [0.3, 0.4) is 0 Å². The standard InChI is InChI=1S/C54H33N3O/c1-2-11-34(12-3-1)39-25-28-50-46(31-39)43-17-8-9-19-49(43)57(50)42-26-27-45-52(32-42)58-51-20-10-18-44(53(45)51)48-33-47(40-23-21-35-13-4-6-15-37(35)29-40)55-54(56-48)41-24-22-36-14-5-7-16-38(36)30-41/h1-33H. The van der Waals surface area contributed by atoms with Crippen LogP contribution in [-0.4, -0.2) is 14.5 Å². The van der Waals surface area contributed by atoms with E-state index >= 15 is 0 Å². The van der Waals surface area contributed by atoms with Crippen LogP contribution in [0, 0.1) is 0 Å². The van der Waals surface area contributed by atoms with E-state index in [1.54, 1.807) is 0 Å². The molecular formula is C54H33N3O. The van der Waals surface area contributed by atoms with Crippen LogP contribution < -0.4 is 0 Å². The molecule has 0 amide bonds. The molecule has 3 aromatic heterocycles. The van der Waals surface area contributed by atoms with E-state index < -0.39 is 0 Å². The maximum Gasteiger partial charge on any atom is 0.160 e. The second-order valence-electron chi connectivity index (χ2n) is 15.0. The van der Waals surface area contributed by atoms with Gasteiger partial charge in [-0.3, -0.25) is 0 Å². The van der Waals surface area contributed by atoms with Crippen molar-refractivity contribution >= 4 is 65.3 Å². The molecule has 4 heteroatoms. The lowest BCUT2D eigenvalue weighted by atomic mass is 10.00. The molecular weight excluding hydrogens is 707 g/mol. The molecule has 0 spiro atoms. The second kappa shape index (κ2) is 12.9. The van der Waals surface area contributed by atoms with Gasteiger partial charge in [-0.2, -0.15) is 0 Å². The van der Waals surface area contributed by atoms with Crippen molar-refractivity contribution in [1.29, 1.82) is 0 Å². The van der Waals surface area contributed by atoms with Gasteiger partial charge in [0, 0.05) is 50.0 Å². The number of rotatable bonds is 5. The van der Waals surface area contributed by atoms with Gasteiger partial charge in [0.1, 0.15) is 11.2 Å². The van der Waals surface area contributed by atoms with Crippen LogP contribution in [0.1, 0.15) is 0 Å². The fraction of sp³-hybridized carbons (Fsp3) is 0. The maximum absolute atomic E-state index is 6.72. The summed E-state index contributed by atoms with van der Waals surface area (Å²) in [5.74, 6) is 0.681. The lowest BCUT2D eigenvalue weighted by Gasteiger charge is -2.11. The van der Waals surface area contributed by atoms with Gasteiger partial charge in [0.25, 0.3) is 0 Å². The number of nitrogens with zero attached hydrogens (tertiary/aromatic N) is 3. The van der Waals surface area contributed by atoms with Gasteiger partial charge in [-0.25, -0.2) is 9.97 Å². The average molecular weight is 740 g/mol. The Hall–Kier alpha value is -7.82. The summed E-state index contributed by atoms with van der Waals surface area (Å²) in [6.45, 7) is 0.